The first-order valence-electron chi connectivity index (χ1n) is 3.03. The van der Waals surface area contributed by atoms with Gasteiger partial charge in [0.15, 0.2) is 0 Å². The van der Waals surface area contributed by atoms with Gasteiger partial charge in [0.1, 0.15) is 0 Å². The summed E-state index contributed by atoms with van der Waals surface area (Å²) in [6.07, 6.45) is 4.52. The van der Waals surface area contributed by atoms with Crippen molar-refractivity contribution in [2.45, 2.75) is 12.8 Å². The van der Waals surface area contributed by atoms with Gasteiger partial charge in [-0.05, 0) is 25.0 Å². The molecule has 3 heteroatoms. The van der Waals surface area contributed by atoms with Crippen LogP contribution in [0.15, 0.2) is 0 Å². The van der Waals surface area contributed by atoms with Crippen LogP contribution in [0.1, 0.15) is 12.8 Å². The molecule has 0 bridgehead atoms. The molecule has 1 saturated carbocycles. The van der Waals surface area contributed by atoms with Gasteiger partial charge in [0, 0.05) is 5.75 Å². The standard InChI is InChI=1S/C6H10OS2/c1-8-6(7)9-4-5-2-3-5/h5H,2-4H2,1H3. The number of carbonyl (C=O) groups excluding carboxylic acids is 1. The fourth-order valence-corrected chi connectivity index (χ4v) is 1.91. The molecule has 0 aliphatic heterocycles. The lowest BCUT2D eigenvalue weighted by Gasteiger charge is -1.92. The Hall–Kier alpha value is 0.370. The van der Waals surface area contributed by atoms with Gasteiger partial charge in [-0.1, -0.05) is 23.5 Å². The Morgan fingerprint density at radius 3 is 2.78 bits per heavy atom. The number of thioether (sulfide) groups is 2. The molecule has 52 valence electrons. The molecule has 0 unspecified atom stereocenters. The molecule has 1 rings (SSSR count). The highest BCUT2D eigenvalue weighted by molar-refractivity contribution is 8.38. The summed E-state index contributed by atoms with van der Waals surface area (Å²) in [5, 5.41) is 0. The molecule has 0 aromatic carbocycles. The molecule has 0 saturated heterocycles. The van der Waals surface area contributed by atoms with Crippen LogP contribution in [0.2, 0.25) is 0 Å². The summed E-state index contributed by atoms with van der Waals surface area (Å²) < 4.78 is 0.266. The second kappa shape index (κ2) is 3.52. The summed E-state index contributed by atoms with van der Waals surface area (Å²) in [5.74, 6) is 1.92. The summed E-state index contributed by atoms with van der Waals surface area (Å²) in [5.41, 5.74) is 0. The molecule has 1 aliphatic rings. The first-order chi connectivity index (χ1) is 4.33. The molecule has 0 radical (unpaired) electrons. The van der Waals surface area contributed by atoms with E-state index in [1.807, 2.05) is 6.26 Å². The second-order valence-corrected chi connectivity index (χ2v) is 4.24. The lowest BCUT2D eigenvalue weighted by molar-refractivity contribution is 0.276. The quantitative estimate of drug-likeness (QED) is 0.621. The zero-order valence-corrected chi connectivity index (χ0v) is 7.06. The molecule has 0 atom stereocenters. The van der Waals surface area contributed by atoms with Gasteiger partial charge in [0.2, 0.25) is 4.45 Å². The van der Waals surface area contributed by atoms with E-state index >= 15 is 0 Å². The summed E-state index contributed by atoms with van der Waals surface area (Å²) in [4.78, 5) is 10.7. The second-order valence-electron chi connectivity index (χ2n) is 2.21. The molecule has 0 aromatic rings. The molecule has 1 fully saturated rings. The van der Waals surface area contributed by atoms with Crippen molar-refractivity contribution in [2.75, 3.05) is 12.0 Å². The van der Waals surface area contributed by atoms with Gasteiger partial charge >= 0.3 is 0 Å². The Labute approximate surface area is 64.0 Å². The molecule has 1 aliphatic carbocycles. The predicted octanol–water partition coefficient (Wildman–Crippen LogP) is 2.61. The maximum Gasteiger partial charge on any atom is 0.245 e. The van der Waals surface area contributed by atoms with Crippen LogP contribution in [-0.4, -0.2) is 16.5 Å². The molecule has 0 amide bonds. The molecule has 0 N–H and O–H groups in total. The van der Waals surface area contributed by atoms with E-state index < -0.39 is 0 Å². The average Bonchev–Trinajstić information content (AvgIpc) is 2.65. The highest BCUT2D eigenvalue weighted by Crippen LogP contribution is 2.33. The number of rotatable bonds is 2. The third-order valence-electron chi connectivity index (χ3n) is 1.30. The van der Waals surface area contributed by atoms with Crippen molar-refractivity contribution in [3.63, 3.8) is 0 Å². The van der Waals surface area contributed by atoms with Crippen LogP contribution in [0.3, 0.4) is 0 Å². The molecule has 0 aromatic heterocycles. The normalized spacial score (nSPS) is 17.9. The van der Waals surface area contributed by atoms with Crippen LogP contribution in [0.4, 0.5) is 4.79 Å². The maximum atomic E-state index is 10.7. The van der Waals surface area contributed by atoms with Crippen LogP contribution < -0.4 is 0 Å². The van der Waals surface area contributed by atoms with Gasteiger partial charge < -0.3 is 0 Å². The van der Waals surface area contributed by atoms with Crippen molar-refractivity contribution in [3.8, 4) is 0 Å². The summed E-state index contributed by atoms with van der Waals surface area (Å²) in [6, 6.07) is 0. The van der Waals surface area contributed by atoms with Crippen molar-refractivity contribution >= 4 is 28.0 Å². The lowest BCUT2D eigenvalue weighted by Crippen LogP contribution is -1.84. The summed E-state index contributed by atoms with van der Waals surface area (Å²) >= 11 is 2.79. The van der Waals surface area contributed by atoms with E-state index in [-0.39, 0.29) is 4.45 Å². The van der Waals surface area contributed by atoms with E-state index in [4.69, 9.17) is 0 Å². The predicted molar refractivity (Wildman–Crippen MR) is 44.1 cm³/mol. The number of hydrogen-bond donors (Lipinski definition) is 0. The molecular formula is C6H10OS2. The Morgan fingerprint density at radius 2 is 2.33 bits per heavy atom. The molecule has 0 spiro atoms. The van der Waals surface area contributed by atoms with Gasteiger partial charge in [-0.25, -0.2) is 0 Å². The van der Waals surface area contributed by atoms with E-state index in [1.54, 1.807) is 0 Å². The third-order valence-corrected chi connectivity index (χ3v) is 3.36. The largest absolute Gasteiger partial charge is 0.274 e. The maximum absolute atomic E-state index is 10.7. The highest BCUT2D eigenvalue weighted by atomic mass is 32.2. The minimum atomic E-state index is 0.266. The van der Waals surface area contributed by atoms with E-state index in [9.17, 15) is 4.79 Å². The van der Waals surface area contributed by atoms with Crippen LogP contribution in [-0.2, 0) is 0 Å². The molecule has 9 heavy (non-hydrogen) atoms. The topological polar surface area (TPSA) is 17.1 Å². The van der Waals surface area contributed by atoms with Crippen molar-refractivity contribution in [2.24, 2.45) is 5.92 Å². The number of hydrogen-bond acceptors (Lipinski definition) is 3. The van der Waals surface area contributed by atoms with E-state index in [1.165, 1.54) is 36.4 Å². The zero-order chi connectivity index (χ0) is 6.69. The summed E-state index contributed by atoms with van der Waals surface area (Å²) in [7, 11) is 0. The van der Waals surface area contributed by atoms with Gasteiger partial charge in [-0.2, -0.15) is 0 Å². The van der Waals surface area contributed by atoms with Crippen LogP contribution in [0.25, 0.3) is 0 Å². The Morgan fingerprint density at radius 1 is 1.67 bits per heavy atom. The molecular weight excluding hydrogens is 152 g/mol. The minimum Gasteiger partial charge on any atom is -0.274 e. The molecule has 0 heterocycles. The first-order valence-corrected chi connectivity index (χ1v) is 5.24. The fraction of sp³-hybridized carbons (Fsp3) is 0.833. The fourth-order valence-electron chi connectivity index (χ4n) is 0.529. The van der Waals surface area contributed by atoms with Crippen LogP contribution >= 0.6 is 23.5 Å². The zero-order valence-electron chi connectivity index (χ0n) is 5.42. The monoisotopic (exact) mass is 162 g/mol. The smallest absolute Gasteiger partial charge is 0.245 e. The van der Waals surface area contributed by atoms with Gasteiger partial charge in [0.25, 0.3) is 0 Å². The SMILES string of the molecule is CSC(=O)SCC1CC1. The average molecular weight is 162 g/mol. The van der Waals surface area contributed by atoms with E-state index in [0.717, 1.165) is 11.7 Å². The van der Waals surface area contributed by atoms with Crippen LogP contribution in [0, 0.1) is 5.92 Å². The van der Waals surface area contributed by atoms with Crippen molar-refractivity contribution in [1.82, 2.24) is 0 Å². The van der Waals surface area contributed by atoms with Crippen molar-refractivity contribution < 1.29 is 4.79 Å². The van der Waals surface area contributed by atoms with Crippen LogP contribution in [0.5, 0.6) is 0 Å². The van der Waals surface area contributed by atoms with Gasteiger partial charge in [-0.15, -0.1) is 0 Å². The van der Waals surface area contributed by atoms with Crippen molar-refractivity contribution in [3.05, 3.63) is 0 Å². The number of carbonyl (C=O) groups is 1. The van der Waals surface area contributed by atoms with Gasteiger partial charge in [0.05, 0.1) is 0 Å². The van der Waals surface area contributed by atoms with Crippen molar-refractivity contribution in [1.29, 1.82) is 0 Å². The first kappa shape index (κ1) is 7.48. The summed E-state index contributed by atoms with van der Waals surface area (Å²) in [6.45, 7) is 0. The minimum absolute atomic E-state index is 0.266. The Balaban J connectivity index is 1.96. The van der Waals surface area contributed by atoms with Gasteiger partial charge in [-0.3, -0.25) is 4.79 Å². The lowest BCUT2D eigenvalue weighted by atomic mass is 10.5. The van der Waals surface area contributed by atoms with E-state index in [2.05, 4.69) is 0 Å². The highest BCUT2D eigenvalue weighted by Gasteiger charge is 2.21. The third kappa shape index (κ3) is 3.16. The molecule has 1 nitrogen and oxygen atoms in total. The van der Waals surface area contributed by atoms with E-state index in [0.29, 0.717) is 0 Å². The Bertz CT molecular complexity index is 110. The Kier molecular flexibility index (Phi) is 2.92.